The van der Waals surface area contributed by atoms with Gasteiger partial charge in [-0.05, 0) is 24.6 Å². The predicted molar refractivity (Wildman–Crippen MR) is 61.0 cm³/mol. The molecular weight excluding hydrogens is 228 g/mol. The van der Waals surface area contributed by atoms with Gasteiger partial charge in [-0.2, -0.15) is 0 Å². The minimum Gasteiger partial charge on any atom is -0.351 e. The summed E-state index contributed by atoms with van der Waals surface area (Å²) in [7, 11) is 0. The van der Waals surface area contributed by atoms with Crippen molar-refractivity contribution in [3.05, 3.63) is 40.6 Å². The summed E-state index contributed by atoms with van der Waals surface area (Å²) in [6, 6.07) is 5.33. The number of aryl methyl sites for hydroxylation is 1. The minimum absolute atomic E-state index is 0.227. The molecule has 0 radical (unpaired) electrons. The molecule has 1 aliphatic heterocycles. The predicted octanol–water partition coefficient (Wildman–Crippen LogP) is 1.60. The van der Waals surface area contributed by atoms with E-state index in [2.05, 4.69) is 10.6 Å². The fraction of sp³-hybridized carbons (Fsp3) is 0.0909. The molecule has 5 heteroatoms. The lowest BCUT2D eigenvalue weighted by Gasteiger charge is -2.06. The van der Waals surface area contributed by atoms with Gasteiger partial charge in [0, 0.05) is 16.8 Å². The Morgan fingerprint density at radius 3 is 2.62 bits per heavy atom. The number of anilines is 1. The lowest BCUT2D eigenvalue weighted by atomic mass is 10.2. The van der Waals surface area contributed by atoms with Crippen LogP contribution in [0.4, 0.5) is 5.69 Å². The molecule has 0 fully saturated rings. The lowest BCUT2D eigenvalue weighted by molar-refractivity contribution is -0.123. The molecule has 0 bridgehead atoms. The summed E-state index contributed by atoms with van der Waals surface area (Å²) in [5.41, 5.74) is 1.85. The van der Waals surface area contributed by atoms with Crippen molar-refractivity contribution in [1.29, 1.82) is 0 Å². The standard InChI is InChI=1S/C11H9ClN2O2/c1-6-2-3-7(4-8(6)12)13-9-5-10(15)14-11(9)16/h2-5H,1H3,(H2,13,14,15,16). The zero-order chi connectivity index (χ0) is 11.7. The highest BCUT2D eigenvalue weighted by Crippen LogP contribution is 2.21. The van der Waals surface area contributed by atoms with Crippen LogP contribution in [0.25, 0.3) is 0 Å². The molecule has 2 amide bonds. The van der Waals surface area contributed by atoms with Crippen LogP contribution in [0.2, 0.25) is 5.02 Å². The second kappa shape index (κ2) is 3.98. The smallest absolute Gasteiger partial charge is 0.274 e. The van der Waals surface area contributed by atoms with E-state index in [-0.39, 0.29) is 5.70 Å². The summed E-state index contributed by atoms with van der Waals surface area (Å²) in [6.07, 6.45) is 1.22. The highest BCUT2D eigenvalue weighted by atomic mass is 35.5. The Balaban J connectivity index is 2.21. The van der Waals surface area contributed by atoms with Crippen molar-refractivity contribution in [3.63, 3.8) is 0 Å². The van der Waals surface area contributed by atoms with Crippen LogP contribution in [0.1, 0.15) is 5.56 Å². The molecule has 0 atom stereocenters. The maximum absolute atomic E-state index is 11.2. The third-order valence-electron chi connectivity index (χ3n) is 2.21. The van der Waals surface area contributed by atoms with E-state index in [0.29, 0.717) is 10.7 Å². The quantitative estimate of drug-likeness (QED) is 0.767. The summed E-state index contributed by atoms with van der Waals surface area (Å²) in [4.78, 5) is 22.1. The van der Waals surface area contributed by atoms with Crippen molar-refractivity contribution in [2.75, 3.05) is 5.32 Å². The van der Waals surface area contributed by atoms with Gasteiger partial charge in [-0.3, -0.25) is 14.9 Å². The Hall–Kier alpha value is -1.81. The highest BCUT2D eigenvalue weighted by molar-refractivity contribution is 6.31. The van der Waals surface area contributed by atoms with Gasteiger partial charge in [-0.25, -0.2) is 0 Å². The van der Waals surface area contributed by atoms with Crippen molar-refractivity contribution in [2.45, 2.75) is 6.92 Å². The van der Waals surface area contributed by atoms with Gasteiger partial charge in [0.05, 0.1) is 0 Å². The SMILES string of the molecule is Cc1ccc(NC2=CC(=O)NC2=O)cc1Cl. The summed E-state index contributed by atoms with van der Waals surface area (Å²) in [5, 5.41) is 5.59. The Morgan fingerprint density at radius 2 is 2.06 bits per heavy atom. The Kier molecular flexibility index (Phi) is 2.66. The third kappa shape index (κ3) is 2.06. The van der Waals surface area contributed by atoms with Crippen molar-refractivity contribution in [1.82, 2.24) is 5.32 Å². The van der Waals surface area contributed by atoms with Gasteiger partial charge in [-0.1, -0.05) is 17.7 Å². The first kappa shape index (κ1) is 10.7. The number of rotatable bonds is 2. The molecule has 0 aromatic heterocycles. The number of hydrogen-bond acceptors (Lipinski definition) is 3. The van der Waals surface area contributed by atoms with E-state index < -0.39 is 11.8 Å². The van der Waals surface area contributed by atoms with Crippen LogP contribution in [-0.4, -0.2) is 11.8 Å². The maximum Gasteiger partial charge on any atom is 0.274 e. The zero-order valence-corrected chi connectivity index (χ0v) is 9.26. The average Bonchev–Trinajstić information content (AvgIpc) is 2.51. The molecule has 0 saturated heterocycles. The number of imide groups is 1. The molecule has 1 heterocycles. The third-order valence-corrected chi connectivity index (χ3v) is 2.61. The van der Waals surface area contributed by atoms with Gasteiger partial charge >= 0.3 is 0 Å². The van der Waals surface area contributed by atoms with Crippen LogP contribution in [0.3, 0.4) is 0 Å². The van der Waals surface area contributed by atoms with Crippen LogP contribution in [-0.2, 0) is 9.59 Å². The summed E-state index contributed by atoms with van der Waals surface area (Å²) in [6.45, 7) is 1.89. The van der Waals surface area contributed by atoms with E-state index in [1.165, 1.54) is 6.08 Å². The van der Waals surface area contributed by atoms with E-state index in [1.54, 1.807) is 12.1 Å². The Bertz CT molecular complexity index is 509. The molecule has 1 aromatic carbocycles. The van der Waals surface area contributed by atoms with Crippen molar-refractivity contribution in [3.8, 4) is 0 Å². The summed E-state index contributed by atoms with van der Waals surface area (Å²) < 4.78 is 0. The monoisotopic (exact) mass is 236 g/mol. The molecule has 0 saturated carbocycles. The number of benzene rings is 1. The van der Waals surface area contributed by atoms with Crippen molar-refractivity contribution >= 4 is 29.1 Å². The molecule has 4 nitrogen and oxygen atoms in total. The first-order valence-corrected chi connectivity index (χ1v) is 5.04. The summed E-state index contributed by atoms with van der Waals surface area (Å²) in [5.74, 6) is -0.840. The molecule has 82 valence electrons. The van der Waals surface area contributed by atoms with Gasteiger partial charge in [0.15, 0.2) is 0 Å². The number of carbonyl (C=O) groups is 2. The van der Waals surface area contributed by atoms with Crippen molar-refractivity contribution in [2.24, 2.45) is 0 Å². The molecule has 1 aromatic rings. The molecule has 2 N–H and O–H groups in total. The van der Waals surface area contributed by atoms with Gasteiger partial charge < -0.3 is 5.32 Å². The maximum atomic E-state index is 11.2. The van der Waals surface area contributed by atoms with Crippen LogP contribution >= 0.6 is 11.6 Å². The fourth-order valence-corrected chi connectivity index (χ4v) is 1.51. The number of carbonyl (C=O) groups excluding carboxylic acids is 2. The highest BCUT2D eigenvalue weighted by Gasteiger charge is 2.20. The summed E-state index contributed by atoms with van der Waals surface area (Å²) >= 11 is 5.94. The number of halogens is 1. The second-order valence-electron chi connectivity index (χ2n) is 3.47. The average molecular weight is 237 g/mol. The van der Waals surface area contributed by atoms with E-state index in [4.69, 9.17) is 11.6 Å². The molecule has 16 heavy (non-hydrogen) atoms. The normalized spacial score (nSPS) is 14.8. The molecule has 2 rings (SSSR count). The number of nitrogens with one attached hydrogen (secondary N) is 2. The van der Waals surface area contributed by atoms with Crippen LogP contribution in [0.15, 0.2) is 30.0 Å². The second-order valence-corrected chi connectivity index (χ2v) is 3.87. The van der Waals surface area contributed by atoms with E-state index in [1.807, 2.05) is 13.0 Å². The molecule has 0 spiro atoms. The molecule has 0 unspecified atom stereocenters. The lowest BCUT2D eigenvalue weighted by Crippen LogP contribution is -2.24. The number of hydrogen-bond donors (Lipinski definition) is 2. The van der Waals surface area contributed by atoms with Gasteiger partial charge in [0.25, 0.3) is 11.8 Å². The molecular formula is C11H9ClN2O2. The van der Waals surface area contributed by atoms with Gasteiger partial charge in [-0.15, -0.1) is 0 Å². The largest absolute Gasteiger partial charge is 0.351 e. The Labute approximate surface area is 97.3 Å². The van der Waals surface area contributed by atoms with E-state index >= 15 is 0 Å². The zero-order valence-electron chi connectivity index (χ0n) is 8.50. The van der Waals surface area contributed by atoms with Gasteiger partial charge in [0.2, 0.25) is 0 Å². The van der Waals surface area contributed by atoms with Crippen molar-refractivity contribution < 1.29 is 9.59 Å². The van der Waals surface area contributed by atoms with Crippen LogP contribution in [0, 0.1) is 6.92 Å². The van der Waals surface area contributed by atoms with E-state index in [9.17, 15) is 9.59 Å². The fourth-order valence-electron chi connectivity index (χ4n) is 1.33. The Morgan fingerprint density at radius 1 is 1.31 bits per heavy atom. The van der Waals surface area contributed by atoms with Crippen LogP contribution in [0.5, 0.6) is 0 Å². The topological polar surface area (TPSA) is 58.2 Å². The first-order valence-electron chi connectivity index (χ1n) is 4.66. The minimum atomic E-state index is -0.429. The first-order chi connectivity index (χ1) is 7.56. The van der Waals surface area contributed by atoms with Gasteiger partial charge in [0.1, 0.15) is 5.70 Å². The van der Waals surface area contributed by atoms with Crippen LogP contribution < -0.4 is 10.6 Å². The van der Waals surface area contributed by atoms with E-state index in [0.717, 1.165) is 5.56 Å². The number of amides is 2. The molecule has 1 aliphatic rings. The molecule has 0 aliphatic carbocycles.